The Morgan fingerprint density at radius 2 is 2.11 bits per heavy atom. The molecule has 1 atom stereocenters. The van der Waals surface area contributed by atoms with Gasteiger partial charge in [0, 0.05) is 17.1 Å². The SMILES string of the molecule is CCSc1ccc(C(=O)N(CC2CCCO2)c2nc3c(C)cccc3s2)cc1. The molecule has 6 heteroatoms. The van der Waals surface area contributed by atoms with Gasteiger partial charge in [-0.25, -0.2) is 4.98 Å². The maximum atomic E-state index is 13.4. The fourth-order valence-electron chi connectivity index (χ4n) is 3.45. The molecule has 0 saturated carbocycles. The maximum absolute atomic E-state index is 13.4. The standard InChI is InChI=1S/C22H24N2O2S2/c1-3-27-18-11-9-16(10-12-18)21(25)24(14-17-7-5-13-26-17)22-23-20-15(2)6-4-8-19(20)28-22/h4,6,8-12,17H,3,5,7,13-14H2,1-2H3. The van der Waals surface area contributed by atoms with Crippen LogP contribution in [-0.4, -0.2) is 35.9 Å². The molecule has 0 bridgehead atoms. The first-order valence-corrected chi connectivity index (χ1v) is 11.5. The Balaban J connectivity index is 1.67. The molecular weight excluding hydrogens is 388 g/mol. The van der Waals surface area contributed by atoms with Crippen LogP contribution < -0.4 is 4.90 Å². The lowest BCUT2D eigenvalue weighted by atomic mass is 10.2. The van der Waals surface area contributed by atoms with E-state index in [4.69, 9.17) is 9.72 Å². The number of thioether (sulfide) groups is 1. The van der Waals surface area contributed by atoms with Crippen molar-refractivity contribution in [1.29, 1.82) is 0 Å². The lowest BCUT2D eigenvalue weighted by Gasteiger charge is -2.23. The minimum Gasteiger partial charge on any atom is -0.376 e. The second kappa shape index (κ2) is 8.64. The Bertz CT molecular complexity index is 962. The van der Waals surface area contributed by atoms with Crippen LogP contribution >= 0.6 is 23.1 Å². The van der Waals surface area contributed by atoms with Crippen LogP contribution in [-0.2, 0) is 4.74 Å². The Morgan fingerprint density at radius 3 is 2.79 bits per heavy atom. The van der Waals surface area contributed by atoms with Gasteiger partial charge in [-0.3, -0.25) is 9.69 Å². The van der Waals surface area contributed by atoms with E-state index in [0.717, 1.165) is 46.1 Å². The third kappa shape index (κ3) is 4.09. The average molecular weight is 413 g/mol. The number of aryl methyl sites for hydroxylation is 1. The van der Waals surface area contributed by atoms with Crippen LogP contribution in [0, 0.1) is 6.92 Å². The van der Waals surface area contributed by atoms with Gasteiger partial charge in [-0.15, -0.1) is 11.8 Å². The Morgan fingerprint density at radius 1 is 1.29 bits per heavy atom. The number of anilines is 1. The number of carbonyl (C=O) groups is 1. The van der Waals surface area contributed by atoms with Gasteiger partial charge in [-0.05, 0) is 61.4 Å². The van der Waals surface area contributed by atoms with Gasteiger partial charge in [0.25, 0.3) is 5.91 Å². The van der Waals surface area contributed by atoms with E-state index in [9.17, 15) is 4.79 Å². The van der Waals surface area contributed by atoms with Crippen LogP contribution in [0.15, 0.2) is 47.4 Å². The fraction of sp³-hybridized carbons (Fsp3) is 0.364. The van der Waals surface area contributed by atoms with Gasteiger partial charge in [0.1, 0.15) is 0 Å². The second-order valence-corrected chi connectivity index (χ2v) is 9.27. The zero-order chi connectivity index (χ0) is 19.5. The fourth-order valence-corrected chi connectivity index (χ4v) is 5.16. The van der Waals surface area contributed by atoms with Crippen LogP contribution in [0.3, 0.4) is 0 Å². The quantitative estimate of drug-likeness (QED) is 0.498. The van der Waals surface area contributed by atoms with Crippen molar-refractivity contribution in [3.8, 4) is 0 Å². The van der Waals surface area contributed by atoms with Crippen LogP contribution in [0.25, 0.3) is 10.2 Å². The summed E-state index contributed by atoms with van der Waals surface area (Å²) >= 11 is 3.35. The number of nitrogens with zero attached hydrogens (tertiary/aromatic N) is 2. The molecule has 28 heavy (non-hydrogen) atoms. The van der Waals surface area contributed by atoms with Crippen LogP contribution in [0.2, 0.25) is 0 Å². The first kappa shape index (κ1) is 19.4. The Kier molecular flexibility index (Phi) is 5.99. The highest BCUT2D eigenvalue weighted by Gasteiger charge is 2.27. The summed E-state index contributed by atoms with van der Waals surface area (Å²) in [6.07, 6.45) is 2.11. The molecule has 4 nitrogen and oxygen atoms in total. The van der Waals surface area contributed by atoms with Gasteiger partial charge in [0.2, 0.25) is 0 Å². The monoisotopic (exact) mass is 412 g/mol. The molecule has 4 rings (SSSR count). The summed E-state index contributed by atoms with van der Waals surface area (Å²) in [6.45, 7) is 5.50. The lowest BCUT2D eigenvalue weighted by Crippen LogP contribution is -2.37. The summed E-state index contributed by atoms with van der Waals surface area (Å²) in [5, 5.41) is 0.747. The molecule has 0 N–H and O–H groups in total. The summed E-state index contributed by atoms with van der Waals surface area (Å²) in [4.78, 5) is 21.2. The minimum atomic E-state index is -0.0137. The number of fused-ring (bicyclic) bond motifs is 1. The van der Waals surface area contributed by atoms with Crippen molar-refractivity contribution in [2.45, 2.75) is 37.7 Å². The van der Waals surface area contributed by atoms with E-state index < -0.39 is 0 Å². The number of ether oxygens (including phenoxy) is 1. The number of amides is 1. The van der Waals surface area contributed by atoms with Gasteiger partial charge in [0.05, 0.1) is 22.9 Å². The number of para-hydroxylation sites is 1. The van der Waals surface area contributed by atoms with Gasteiger partial charge < -0.3 is 4.74 Å². The van der Waals surface area contributed by atoms with Crippen molar-refractivity contribution < 1.29 is 9.53 Å². The van der Waals surface area contributed by atoms with Crippen LogP contribution in [0.5, 0.6) is 0 Å². The molecule has 2 aromatic carbocycles. The van der Waals surface area contributed by atoms with Gasteiger partial charge in [-0.1, -0.05) is 30.4 Å². The summed E-state index contributed by atoms with van der Waals surface area (Å²) in [5.74, 6) is 1.00. The average Bonchev–Trinajstić information content (AvgIpc) is 3.37. The van der Waals surface area contributed by atoms with Crippen molar-refractivity contribution in [3.63, 3.8) is 0 Å². The highest BCUT2D eigenvalue weighted by Crippen LogP contribution is 2.32. The Hall–Kier alpha value is -1.89. The molecule has 1 aliphatic heterocycles. The van der Waals surface area contributed by atoms with Crippen molar-refractivity contribution in [2.75, 3.05) is 23.8 Å². The molecule has 1 aliphatic rings. The Labute approximate surface area is 173 Å². The molecule has 1 amide bonds. The van der Waals surface area contributed by atoms with E-state index in [2.05, 4.69) is 26.0 Å². The molecule has 1 fully saturated rings. The van der Waals surface area contributed by atoms with E-state index in [1.165, 1.54) is 4.90 Å². The smallest absolute Gasteiger partial charge is 0.260 e. The normalized spacial score (nSPS) is 16.6. The molecule has 3 aromatic rings. The predicted molar refractivity (Wildman–Crippen MR) is 118 cm³/mol. The molecule has 0 aliphatic carbocycles. The van der Waals surface area contributed by atoms with Crippen molar-refractivity contribution >= 4 is 44.4 Å². The minimum absolute atomic E-state index is 0.0137. The highest BCUT2D eigenvalue weighted by molar-refractivity contribution is 7.99. The number of benzene rings is 2. The molecule has 1 aromatic heterocycles. The number of hydrogen-bond donors (Lipinski definition) is 0. The number of carbonyl (C=O) groups excluding carboxylic acids is 1. The molecule has 2 heterocycles. The van der Waals surface area contributed by atoms with E-state index >= 15 is 0 Å². The van der Waals surface area contributed by atoms with Gasteiger partial charge in [-0.2, -0.15) is 0 Å². The highest BCUT2D eigenvalue weighted by atomic mass is 32.2. The maximum Gasteiger partial charge on any atom is 0.260 e. The molecule has 1 unspecified atom stereocenters. The largest absolute Gasteiger partial charge is 0.376 e. The third-order valence-electron chi connectivity index (χ3n) is 4.91. The first-order chi connectivity index (χ1) is 13.7. The molecule has 0 spiro atoms. The van der Waals surface area contributed by atoms with E-state index in [1.54, 1.807) is 23.1 Å². The van der Waals surface area contributed by atoms with Crippen molar-refractivity contribution in [1.82, 2.24) is 4.98 Å². The molecule has 146 valence electrons. The van der Waals surface area contributed by atoms with E-state index in [0.29, 0.717) is 12.1 Å². The number of hydrogen-bond acceptors (Lipinski definition) is 5. The first-order valence-electron chi connectivity index (χ1n) is 9.68. The summed E-state index contributed by atoms with van der Waals surface area (Å²) in [6, 6.07) is 14.0. The number of thiazole rings is 1. The predicted octanol–water partition coefficient (Wildman–Crippen LogP) is 5.54. The topological polar surface area (TPSA) is 42.4 Å². The summed E-state index contributed by atoms with van der Waals surface area (Å²) < 4.78 is 6.93. The lowest BCUT2D eigenvalue weighted by molar-refractivity contribution is 0.0917. The third-order valence-corrected chi connectivity index (χ3v) is 6.85. The molecule has 0 radical (unpaired) electrons. The zero-order valence-corrected chi connectivity index (χ0v) is 17.8. The number of rotatable bonds is 6. The van der Waals surface area contributed by atoms with Crippen LogP contribution in [0.1, 0.15) is 35.7 Å². The summed E-state index contributed by atoms with van der Waals surface area (Å²) in [7, 11) is 0. The van der Waals surface area contributed by atoms with Crippen LogP contribution in [0.4, 0.5) is 5.13 Å². The molecule has 1 saturated heterocycles. The summed E-state index contributed by atoms with van der Waals surface area (Å²) in [5.41, 5.74) is 2.79. The van der Waals surface area contributed by atoms with Gasteiger partial charge in [0.15, 0.2) is 5.13 Å². The molecular formula is C22H24N2O2S2. The van der Waals surface area contributed by atoms with Crippen molar-refractivity contribution in [3.05, 3.63) is 53.6 Å². The number of aromatic nitrogens is 1. The van der Waals surface area contributed by atoms with Crippen molar-refractivity contribution in [2.24, 2.45) is 0 Å². The van der Waals surface area contributed by atoms with E-state index in [1.807, 2.05) is 35.2 Å². The van der Waals surface area contributed by atoms with Gasteiger partial charge >= 0.3 is 0 Å². The van der Waals surface area contributed by atoms with E-state index in [-0.39, 0.29) is 12.0 Å². The zero-order valence-electron chi connectivity index (χ0n) is 16.2. The second-order valence-electron chi connectivity index (χ2n) is 6.93.